The molecular formula is C15H18N2O4. The third-order valence-electron chi connectivity index (χ3n) is 3.84. The number of amides is 2. The van der Waals surface area contributed by atoms with Gasteiger partial charge in [-0.25, -0.2) is 4.79 Å². The zero-order valence-electron chi connectivity index (χ0n) is 11.6. The minimum absolute atomic E-state index is 0.0592. The summed E-state index contributed by atoms with van der Waals surface area (Å²) in [7, 11) is 0. The number of likely N-dealkylation sites (tertiary alicyclic amines) is 1. The van der Waals surface area contributed by atoms with Crippen molar-refractivity contribution in [1.82, 2.24) is 4.90 Å². The summed E-state index contributed by atoms with van der Waals surface area (Å²) >= 11 is 0. The molecule has 1 saturated heterocycles. The van der Waals surface area contributed by atoms with E-state index in [2.05, 4.69) is 0 Å². The third kappa shape index (κ3) is 3.59. The third-order valence-corrected chi connectivity index (χ3v) is 3.84. The van der Waals surface area contributed by atoms with Crippen molar-refractivity contribution < 1.29 is 19.5 Å². The largest absolute Gasteiger partial charge is 0.478 e. The molecule has 0 spiro atoms. The van der Waals surface area contributed by atoms with Gasteiger partial charge in [-0.05, 0) is 24.5 Å². The molecule has 0 unspecified atom stereocenters. The quantitative estimate of drug-likeness (QED) is 0.850. The van der Waals surface area contributed by atoms with E-state index in [9.17, 15) is 14.4 Å². The van der Waals surface area contributed by atoms with Gasteiger partial charge in [-0.15, -0.1) is 0 Å². The molecule has 2 rings (SSSR count). The van der Waals surface area contributed by atoms with Crippen LogP contribution < -0.4 is 5.73 Å². The summed E-state index contributed by atoms with van der Waals surface area (Å²) in [5.74, 6) is -1.64. The highest BCUT2D eigenvalue weighted by atomic mass is 16.4. The number of nitrogens with two attached hydrogens (primary N) is 1. The van der Waals surface area contributed by atoms with E-state index in [0.29, 0.717) is 31.5 Å². The molecule has 1 aliphatic heterocycles. The average Bonchev–Trinajstić information content (AvgIpc) is 2.47. The molecule has 0 bridgehead atoms. The van der Waals surface area contributed by atoms with Crippen LogP contribution in [0.3, 0.4) is 0 Å². The van der Waals surface area contributed by atoms with Crippen molar-refractivity contribution in [1.29, 1.82) is 0 Å². The molecule has 0 aliphatic carbocycles. The molecule has 21 heavy (non-hydrogen) atoms. The molecule has 2 amide bonds. The lowest BCUT2D eigenvalue weighted by atomic mass is 9.95. The normalized spacial score (nSPS) is 15.7. The highest BCUT2D eigenvalue weighted by molar-refractivity contribution is 5.91. The Labute approximate surface area is 122 Å². The number of piperidine rings is 1. The van der Waals surface area contributed by atoms with Gasteiger partial charge in [0, 0.05) is 19.0 Å². The Morgan fingerprint density at radius 1 is 1.19 bits per heavy atom. The molecule has 1 aromatic carbocycles. The second-order valence-electron chi connectivity index (χ2n) is 5.20. The molecule has 1 fully saturated rings. The molecule has 6 heteroatoms. The maximum absolute atomic E-state index is 12.2. The molecule has 6 nitrogen and oxygen atoms in total. The van der Waals surface area contributed by atoms with Gasteiger partial charge in [0.2, 0.25) is 11.8 Å². The van der Waals surface area contributed by atoms with Crippen LogP contribution in [-0.2, 0) is 16.0 Å². The first-order valence-electron chi connectivity index (χ1n) is 6.87. The molecule has 3 N–H and O–H groups in total. The van der Waals surface area contributed by atoms with Crippen LogP contribution in [0.4, 0.5) is 0 Å². The second-order valence-corrected chi connectivity index (χ2v) is 5.20. The van der Waals surface area contributed by atoms with Gasteiger partial charge in [0.15, 0.2) is 0 Å². The van der Waals surface area contributed by atoms with Crippen LogP contribution in [0, 0.1) is 5.92 Å². The minimum Gasteiger partial charge on any atom is -0.478 e. The summed E-state index contributed by atoms with van der Waals surface area (Å²) in [5.41, 5.74) is 5.92. The lowest BCUT2D eigenvalue weighted by Gasteiger charge is -2.30. The van der Waals surface area contributed by atoms with Crippen LogP contribution in [0.15, 0.2) is 24.3 Å². The van der Waals surface area contributed by atoms with Crippen molar-refractivity contribution in [2.75, 3.05) is 13.1 Å². The van der Waals surface area contributed by atoms with Gasteiger partial charge in [-0.1, -0.05) is 18.2 Å². The first-order chi connectivity index (χ1) is 9.99. The van der Waals surface area contributed by atoms with E-state index in [4.69, 9.17) is 10.8 Å². The SMILES string of the molecule is NC(=O)C1CCN(C(=O)Cc2ccccc2C(=O)O)CC1. The predicted molar refractivity (Wildman–Crippen MR) is 75.6 cm³/mol. The number of hydrogen-bond donors (Lipinski definition) is 2. The van der Waals surface area contributed by atoms with Gasteiger partial charge < -0.3 is 15.7 Å². The average molecular weight is 290 g/mol. The smallest absolute Gasteiger partial charge is 0.335 e. The molecule has 1 aliphatic rings. The number of carboxylic acid groups (broad SMARTS) is 1. The van der Waals surface area contributed by atoms with Crippen molar-refractivity contribution in [3.05, 3.63) is 35.4 Å². The number of carbonyl (C=O) groups is 3. The molecule has 112 valence electrons. The molecule has 0 saturated carbocycles. The number of aromatic carboxylic acids is 1. The highest BCUT2D eigenvalue weighted by Gasteiger charge is 2.26. The molecule has 0 atom stereocenters. The number of primary amides is 1. The summed E-state index contributed by atoms with van der Waals surface area (Å²) in [6.45, 7) is 0.976. The van der Waals surface area contributed by atoms with Crippen molar-refractivity contribution in [3.63, 3.8) is 0 Å². The van der Waals surface area contributed by atoms with Crippen LogP contribution in [0.1, 0.15) is 28.8 Å². The number of carbonyl (C=O) groups excluding carboxylic acids is 2. The summed E-state index contributed by atoms with van der Waals surface area (Å²) < 4.78 is 0. The first-order valence-corrected chi connectivity index (χ1v) is 6.87. The van der Waals surface area contributed by atoms with Crippen molar-refractivity contribution in [2.24, 2.45) is 11.7 Å². The van der Waals surface area contributed by atoms with Crippen LogP contribution in [0.5, 0.6) is 0 Å². The molecular weight excluding hydrogens is 272 g/mol. The van der Waals surface area contributed by atoms with Crippen molar-refractivity contribution in [2.45, 2.75) is 19.3 Å². The molecule has 1 aromatic rings. The predicted octanol–water partition coefficient (Wildman–Crippen LogP) is 0.651. The maximum Gasteiger partial charge on any atom is 0.335 e. The zero-order chi connectivity index (χ0) is 15.4. The fourth-order valence-corrected chi connectivity index (χ4v) is 2.57. The Kier molecular flexibility index (Phi) is 4.57. The van der Waals surface area contributed by atoms with Crippen LogP contribution in [-0.4, -0.2) is 40.9 Å². The molecule has 1 heterocycles. The summed E-state index contributed by atoms with van der Waals surface area (Å²) in [4.78, 5) is 36.1. The Morgan fingerprint density at radius 3 is 2.38 bits per heavy atom. The van der Waals surface area contributed by atoms with Crippen LogP contribution in [0.2, 0.25) is 0 Å². The minimum atomic E-state index is -1.04. The zero-order valence-corrected chi connectivity index (χ0v) is 11.6. The lowest BCUT2D eigenvalue weighted by molar-refractivity contribution is -0.134. The van der Waals surface area contributed by atoms with Crippen LogP contribution in [0.25, 0.3) is 0 Å². The number of benzene rings is 1. The number of hydrogen-bond acceptors (Lipinski definition) is 3. The highest BCUT2D eigenvalue weighted by Crippen LogP contribution is 2.18. The number of nitrogens with zero attached hydrogens (tertiary/aromatic N) is 1. The van der Waals surface area contributed by atoms with Crippen molar-refractivity contribution >= 4 is 17.8 Å². The van der Waals surface area contributed by atoms with Gasteiger partial charge in [-0.2, -0.15) is 0 Å². The van der Waals surface area contributed by atoms with E-state index in [0.717, 1.165) is 0 Å². The van der Waals surface area contributed by atoms with E-state index in [1.807, 2.05) is 0 Å². The second kappa shape index (κ2) is 6.39. The van der Waals surface area contributed by atoms with Gasteiger partial charge in [-0.3, -0.25) is 9.59 Å². The fourth-order valence-electron chi connectivity index (χ4n) is 2.57. The Hall–Kier alpha value is -2.37. The van der Waals surface area contributed by atoms with E-state index in [1.54, 1.807) is 23.1 Å². The fraction of sp³-hybridized carbons (Fsp3) is 0.400. The van der Waals surface area contributed by atoms with E-state index < -0.39 is 5.97 Å². The van der Waals surface area contributed by atoms with Gasteiger partial charge in [0.25, 0.3) is 0 Å². The monoisotopic (exact) mass is 290 g/mol. The number of carboxylic acids is 1. The summed E-state index contributed by atoms with van der Waals surface area (Å²) in [5, 5.41) is 9.11. The number of rotatable bonds is 4. The standard InChI is InChI=1S/C15H18N2O4/c16-14(19)10-5-7-17(8-6-10)13(18)9-11-3-1-2-4-12(11)15(20)21/h1-4,10H,5-9H2,(H2,16,19)(H,20,21). The Morgan fingerprint density at radius 2 is 1.81 bits per heavy atom. The maximum atomic E-state index is 12.2. The Bertz CT molecular complexity index is 563. The topological polar surface area (TPSA) is 101 Å². The first kappa shape index (κ1) is 15.0. The Balaban J connectivity index is 2.00. The molecule has 0 radical (unpaired) electrons. The molecule has 0 aromatic heterocycles. The van der Waals surface area contributed by atoms with E-state index >= 15 is 0 Å². The van der Waals surface area contributed by atoms with E-state index in [-0.39, 0.29) is 29.7 Å². The van der Waals surface area contributed by atoms with Crippen LogP contribution >= 0.6 is 0 Å². The summed E-state index contributed by atoms with van der Waals surface area (Å²) in [6, 6.07) is 6.49. The van der Waals surface area contributed by atoms with E-state index in [1.165, 1.54) is 6.07 Å². The van der Waals surface area contributed by atoms with Gasteiger partial charge in [0.1, 0.15) is 0 Å². The summed E-state index contributed by atoms with van der Waals surface area (Å²) in [6.07, 6.45) is 1.20. The van der Waals surface area contributed by atoms with Gasteiger partial charge in [0.05, 0.1) is 12.0 Å². The van der Waals surface area contributed by atoms with Gasteiger partial charge >= 0.3 is 5.97 Å². The lowest BCUT2D eigenvalue weighted by Crippen LogP contribution is -2.42. The van der Waals surface area contributed by atoms with Crippen molar-refractivity contribution in [3.8, 4) is 0 Å².